The third-order valence-corrected chi connectivity index (χ3v) is 5.26. The van der Waals surface area contributed by atoms with Crippen LogP contribution < -0.4 is 15.3 Å². The van der Waals surface area contributed by atoms with Crippen LogP contribution in [-0.2, 0) is 13.0 Å². The standard InChI is InChI=1S/C22H23NO3/c1-3-16-11-21(24)26-22-18(16)9-10-20-19(22)13-23(14-25-20)12-15(2)17-7-5-4-6-8-17/h4-11,15H,3,12-14H2,1-2H3/p+1/t15-/m0/s1. The molecule has 0 saturated heterocycles. The number of fused-ring (bicyclic) bond motifs is 3. The molecule has 1 unspecified atom stereocenters. The number of ether oxygens (including phenoxy) is 1. The van der Waals surface area contributed by atoms with Crippen molar-refractivity contribution in [3.05, 3.63) is 75.6 Å². The first-order chi connectivity index (χ1) is 12.7. The van der Waals surface area contributed by atoms with Crippen LogP contribution in [0.3, 0.4) is 0 Å². The van der Waals surface area contributed by atoms with Crippen LogP contribution in [0, 0.1) is 0 Å². The maximum atomic E-state index is 12.0. The molecule has 0 bridgehead atoms. The van der Waals surface area contributed by atoms with Gasteiger partial charge < -0.3 is 9.15 Å². The molecule has 0 fully saturated rings. The van der Waals surface area contributed by atoms with Crippen molar-refractivity contribution in [1.29, 1.82) is 0 Å². The molecule has 0 radical (unpaired) electrons. The van der Waals surface area contributed by atoms with E-state index in [1.807, 2.05) is 18.2 Å². The van der Waals surface area contributed by atoms with Crippen LogP contribution in [0.2, 0.25) is 0 Å². The SMILES string of the molecule is CCc1cc(=O)oc2c3c(ccc12)OC[NH+](C[C@H](C)c1ccccc1)C3. The number of hydrogen-bond donors (Lipinski definition) is 1. The normalized spacial score (nSPS) is 17.5. The topological polar surface area (TPSA) is 43.9 Å². The second-order valence-electron chi connectivity index (χ2n) is 7.09. The summed E-state index contributed by atoms with van der Waals surface area (Å²) in [5.74, 6) is 1.27. The molecule has 1 aliphatic heterocycles. The van der Waals surface area contributed by atoms with E-state index in [0.717, 1.165) is 41.8 Å². The molecule has 4 nitrogen and oxygen atoms in total. The maximum absolute atomic E-state index is 12.0. The summed E-state index contributed by atoms with van der Waals surface area (Å²) in [5.41, 5.74) is 3.78. The lowest BCUT2D eigenvalue weighted by Gasteiger charge is -2.28. The van der Waals surface area contributed by atoms with Gasteiger partial charge in [-0.15, -0.1) is 0 Å². The van der Waals surface area contributed by atoms with Crippen molar-refractivity contribution in [2.75, 3.05) is 13.3 Å². The summed E-state index contributed by atoms with van der Waals surface area (Å²) < 4.78 is 11.6. The Labute approximate surface area is 153 Å². The Hall–Kier alpha value is -2.59. The third kappa shape index (κ3) is 3.13. The van der Waals surface area contributed by atoms with E-state index in [2.05, 4.69) is 38.1 Å². The first-order valence-electron chi connectivity index (χ1n) is 9.25. The van der Waals surface area contributed by atoms with Crippen molar-refractivity contribution < 1.29 is 14.1 Å². The van der Waals surface area contributed by atoms with E-state index in [1.54, 1.807) is 6.07 Å². The molecule has 0 saturated carbocycles. The summed E-state index contributed by atoms with van der Waals surface area (Å²) >= 11 is 0. The van der Waals surface area contributed by atoms with Crippen molar-refractivity contribution >= 4 is 11.0 Å². The number of nitrogens with one attached hydrogen (secondary N) is 1. The van der Waals surface area contributed by atoms with Crippen LogP contribution in [0.15, 0.2) is 57.7 Å². The zero-order valence-corrected chi connectivity index (χ0v) is 15.2. The summed E-state index contributed by atoms with van der Waals surface area (Å²) in [7, 11) is 0. The molecule has 0 aliphatic carbocycles. The minimum atomic E-state index is -0.285. The van der Waals surface area contributed by atoms with Crippen molar-refractivity contribution in [3.63, 3.8) is 0 Å². The van der Waals surface area contributed by atoms with Crippen LogP contribution in [0.25, 0.3) is 11.0 Å². The molecule has 0 spiro atoms. The quantitative estimate of drug-likeness (QED) is 0.736. The maximum Gasteiger partial charge on any atom is 0.336 e. The summed E-state index contributed by atoms with van der Waals surface area (Å²) in [5, 5.41) is 1.02. The van der Waals surface area contributed by atoms with Gasteiger partial charge in [0.1, 0.15) is 12.3 Å². The van der Waals surface area contributed by atoms with Crippen LogP contribution >= 0.6 is 0 Å². The lowest BCUT2D eigenvalue weighted by atomic mass is 9.99. The highest BCUT2D eigenvalue weighted by Gasteiger charge is 2.26. The van der Waals surface area contributed by atoms with E-state index in [4.69, 9.17) is 9.15 Å². The molecule has 134 valence electrons. The van der Waals surface area contributed by atoms with E-state index in [1.165, 1.54) is 10.5 Å². The summed E-state index contributed by atoms with van der Waals surface area (Å²) in [6.07, 6.45) is 0.809. The van der Waals surface area contributed by atoms with Gasteiger partial charge in [-0.2, -0.15) is 0 Å². The molecule has 2 atom stereocenters. The molecule has 0 amide bonds. The van der Waals surface area contributed by atoms with Crippen molar-refractivity contribution in [1.82, 2.24) is 0 Å². The second kappa shape index (κ2) is 6.96. The number of rotatable bonds is 4. The average Bonchev–Trinajstić information content (AvgIpc) is 2.68. The number of quaternary nitrogens is 1. The summed E-state index contributed by atoms with van der Waals surface area (Å²) in [6, 6.07) is 16.2. The highest BCUT2D eigenvalue weighted by Crippen LogP contribution is 2.30. The highest BCUT2D eigenvalue weighted by atomic mass is 16.5. The zero-order valence-electron chi connectivity index (χ0n) is 15.2. The van der Waals surface area contributed by atoms with Gasteiger partial charge in [0.05, 0.1) is 12.1 Å². The predicted molar refractivity (Wildman–Crippen MR) is 102 cm³/mol. The number of hydrogen-bond acceptors (Lipinski definition) is 3. The van der Waals surface area contributed by atoms with Crippen LogP contribution in [0.1, 0.15) is 36.5 Å². The van der Waals surface area contributed by atoms with Crippen molar-refractivity contribution in [3.8, 4) is 5.75 Å². The van der Waals surface area contributed by atoms with Gasteiger partial charge >= 0.3 is 5.63 Å². The molecular weight excluding hydrogens is 326 g/mol. The van der Waals surface area contributed by atoms with Gasteiger partial charge in [0.2, 0.25) is 6.73 Å². The Morgan fingerprint density at radius 1 is 1.15 bits per heavy atom. The van der Waals surface area contributed by atoms with Gasteiger partial charge in [-0.05, 0) is 29.7 Å². The van der Waals surface area contributed by atoms with Crippen LogP contribution in [0.5, 0.6) is 5.75 Å². The molecule has 26 heavy (non-hydrogen) atoms. The first-order valence-corrected chi connectivity index (χ1v) is 9.25. The molecule has 1 N–H and O–H groups in total. The summed E-state index contributed by atoms with van der Waals surface area (Å²) in [6.45, 7) is 6.71. The minimum Gasteiger partial charge on any atom is -0.445 e. The van der Waals surface area contributed by atoms with Crippen molar-refractivity contribution in [2.24, 2.45) is 0 Å². The Morgan fingerprint density at radius 2 is 1.96 bits per heavy atom. The fraction of sp³-hybridized carbons (Fsp3) is 0.318. The Morgan fingerprint density at radius 3 is 2.73 bits per heavy atom. The van der Waals surface area contributed by atoms with E-state index >= 15 is 0 Å². The van der Waals surface area contributed by atoms with E-state index in [-0.39, 0.29) is 5.63 Å². The van der Waals surface area contributed by atoms with Gasteiger partial charge in [0.15, 0.2) is 5.58 Å². The largest absolute Gasteiger partial charge is 0.445 e. The molecule has 2 heterocycles. The Bertz CT molecular complexity index is 978. The lowest BCUT2D eigenvalue weighted by molar-refractivity contribution is -0.933. The summed E-state index contributed by atoms with van der Waals surface area (Å²) in [4.78, 5) is 13.3. The fourth-order valence-corrected chi connectivity index (χ4v) is 3.87. The fourth-order valence-electron chi connectivity index (χ4n) is 3.87. The highest BCUT2D eigenvalue weighted by molar-refractivity contribution is 5.85. The van der Waals surface area contributed by atoms with Gasteiger partial charge in [-0.25, -0.2) is 4.79 Å². The third-order valence-electron chi connectivity index (χ3n) is 5.26. The smallest absolute Gasteiger partial charge is 0.336 e. The molecular formula is C22H24NO3+. The van der Waals surface area contributed by atoms with Gasteiger partial charge in [0, 0.05) is 17.4 Å². The first kappa shape index (κ1) is 16.9. The van der Waals surface area contributed by atoms with E-state index < -0.39 is 0 Å². The molecule has 4 heteroatoms. The molecule has 3 aromatic rings. The van der Waals surface area contributed by atoms with Gasteiger partial charge in [-0.3, -0.25) is 4.90 Å². The zero-order chi connectivity index (χ0) is 18.1. The second-order valence-corrected chi connectivity index (χ2v) is 7.09. The lowest BCUT2D eigenvalue weighted by Crippen LogP contribution is -3.12. The van der Waals surface area contributed by atoms with Crippen LogP contribution in [0.4, 0.5) is 0 Å². The molecule has 1 aliphatic rings. The Balaban J connectivity index is 1.65. The van der Waals surface area contributed by atoms with E-state index in [0.29, 0.717) is 18.2 Å². The van der Waals surface area contributed by atoms with Crippen LogP contribution in [-0.4, -0.2) is 13.3 Å². The van der Waals surface area contributed by atoms with Gasteiger partial charge in [0.25, 0.3) is 0 Å². The minimum absolute atomic E-state index is 0.285. The number of aryl methyl sites for hydroxylation is 1. The Kier molecular flexibility index (Phi) is 4.51. The molecule has 4 rings (SSSR count). The van der Waals surface area contributed by atoms with E-state index in [9.17, 15) is 4.79 Å². The average molecular weight is 350 g/mol. The molecule has 1 aromatic heterocycles. The number of benzene rings is 2. The van der Waals surface area contributed by atoms with Gasteiger partial charge in [-0.1, -0.05) is 44.2 Å². The monoisotopic (exact) mass is 350 g/mol. The molecule has 2 aromatic carbocycles. The predicted octanol–water partition coefficient (Wildman–Crippen LogP) is 2.89. The van der Waals surface area contributed by atoms with Crippen molar-refractivity contribution in [2.45, 2.75) is 32.7 Å².